The van der Waals surface area contributed by atoms with Gasteiger partial charge in [0.05, 0.1) is 6.61 Å². The molecule has 0 aromatic carbocycles. The predicted molar refractivity (Wildman–Crippen MR) is 90.8 cm³/mol. The monoisotopic (exact) mass is 490 g/mol. The van der Waals surface area contributed by atoms with Gasteiger partial charge in [-0.25, -0.2) is 4.79 Å². The van der Waals surface area contributed by atoms with Crippen LogP contribution in [0.1, 0.15) is 19.3 Å². The van der Waals surface area contributed by atoms with E-state index in [9.17, 15) is 44.7 Å². The maximum Gasteiger partial charge on any atom is 0.430 e. The molecular formula is C14H16F6O6S3. The number of hydrogen-bond donors (Lipinski definition) is 2. The van der Waals surface area contributed by atoms with Crippen molar-refractivity contribution in [1.82, 2.24) is 0 Å². The van der Waals surface area contributed by atoms with Gasteiger partial charge in [-0.1, -0.05) is 0 Å². The van der Waals surface area contributed by atoms with Crippen LogP contribution in [-0.2, 0) is 19.6 Å². The molecule has 0 aromatic rings. The number of halogens is 6. The summed E-state index contributed by atoms with van der Waals surface area (Å²) in [5.41, 5.74) is 0. The molecule has 1 heterocycles. The smallest absolute Gasteiger partial charge is 0.430 e. The Kier molecular flexibility index (Phi) is 5.68. The minimum atomic E-state index is -7.02. The number of ether oxygens (including phenoxy) is 1. The number of aliphatic hydroxyl groups excluding tert-OH is 1. The first-order chi connectivity index (χ1) is 13.1. The Morgan fingerprint density at radius 2 is 1.72 bits per heavy atom. The van der Waals surface area contributed by atoms with Gasteiger partial charge in [-0.3, -0.25) is 4.55 Å². The molecule has 3 fully saturated rings. The van der Waals surface area contributed by atoms with Crippen molar-refractivity contribution in [1.29, 1.82) is 0 Å². The van der Waals surface area contributed by atoms with Crippen molar-refractivity contribution in [2.24, 2.45) is 11.8 Å². The number of carbonyl (C=O) groups is 1. The normalized spacial score (nSPS) is 35.4. The zero-order valence-electron chi connectivity index (χ0n) is 14.4. The Labute approximate surface area is 169 Å². The van der Waals surface area contributed by atoms with E-state index >= 15 is 0 Å². The quantitative estimate of drug-likeness (QED) is 0.353. The van der Waals surface area contributed by atoms with E-state index in [4.69, 9.17) is 4.55 Å². The molecule has 15 heteroatoms. The Morgan fingerprint density at radius 3 is 2.17 bits per heavy atom. The summed E-state index contributed by atoms with van der Waals surface area (Å²) in [4.78, 5) is 12.3. The van der Waals surface area contributed by atoms with Crippen LogP contribution in [0.5, 0.6) is 0 Å². The predicted octanol–water partition coefficient (Wildman–Crippen LogP) is 2.62. The van der Waals surface area contributed by atoms with Crippen molar-refractivity contribution in [3.05, 3.63) is 0 Å². The van der Waals surface area contributed by atoms with Gasteiger partial charge in [0, 0.05) is 11.0 Å². The zero-order chi connectivity index (χ0) is 22.0. The highest BCUT2D eigenvalue weighted by Crippen LogP contribution is 2.67. The highest BCUT2D eigenvalue weighted by atomic mass is 32.2. The van der Waals surface area contributed by atoms with Crippen LogP contribution in [-0.4, -0.2) is 68.9 Å². The fourth-order valence-corrected chi connectivity index (χ4v) is 9.38. The SMILES string of the molecule is O=C(OC1C2CCC(C2)C12SCC(CO)S2)C(C(F)(F)F)(C(F)(F)F)S(=O)(=O)O. The molecule has 1 saturated heterocycles. The summed E-state index contributed by atoms with van der Waals surface area (Å²) in [7, 11) is -7.02. The maximum absolute atomic E-state index is 13.4. The maximum atomic E-state index is 13.4. The number of carbonyl (C=O) groups excluding carboxylic acids is 1. The van der Waals surface area contributed by atoms with E-state index in [2.05, 4.69) is 4.74 Å². The second-order valence-electron chi connectivity index (χ2n) is 7.20. The fourth-order valence-electron chi connectivity index (χ4n) is 4.39. The van der Waals surface area contributed by atoms with E-state index < -0.39 is 49.3 Å². The summed E-state index contributed by atoms with van der Waals surface area (Å²) in [5, 5.41) is 9.00. The lowest BCUT2D eigenvalue weighted by Gasteiger charge is -2.41. The molecule has 2 aliphatic carbocycles. The van der Waals surface area contributed by atoms with Gasteiger partial charge in [-0.05, 0) is 31.1 Å². The average molecular weight is 490 g/mol. The lowest BCUT2D eigenvalue weighted by molar-refractivity contribution is -0.270. The van der Waals surface area contributed by atoms with Gasteiger partial charge in [0.15, 0.2) is 0 Å². The van der Waals surface area contributed by atoms with Gasteiger partial charge in [-0.15, -0.1) is 23.5 Å². The van der Waals surface area contributed by atoms with Crippen LogP contribution in [0.2, 0.25) is 0 Å². The Hall–Kier alpha value is -0.380. The zero-order valence-corrected chi connectivity index (χ0v) is 16.8. The van der Waals surface area contributed by atoms with Gasteiger partial charge >= 0.3 is 33.2 Å². The number of hydrogen-bond acceptors (Lipinski definition) is 7. The third-order valence-corrected chi connectivity index (χ3v) is 11.0. The first kappa shape index (κ1) is 23.3. The van der Waals surface area contributed by atoms with E-state index in [0.717, 1.165) is 11.8 Å². The third kappa shape index (κ3) is 3.26. The highest BCUT2D eigenvalue weighted by Gasteiger charge is 2.85. The molecule has 0 aromatic heterocycles. The number of aliphatic hydroxyl groups is 1. The summed E-state index contributed by atoms with van der Waals surface area (Å²) in [6.45, 7) is -0.280. The van der Waals surface area contributed by atoms with Gasteiger partial charge in [0.2, 0.25) is 0 Å². The van der Waals surface area contributed by atoms with Crippen LogP contribution in [0.15, 0.2) is 0 Å². The fraction of sp³-hybridized carbons (Fsp3) is 0.929. The van der Waals surface area contributed by atoms with Crippen molar-refractivity contribution < 1.29 is 54.0 Å². The molecule has 5 atom stereocenters. The number of alkyl halides is 6. The topological polar surface area (TPSA) is 101 Å². The largest absolute Gasteiger partial charge is 0.458 e. The number of thioether (sulfide) groups is 2. The van der Waals surface area contributed by atoms with Crippen LogP contribution >= 0.6 is 23.5 Å². The lowest BCUT2D eigenvalue weighted by atomic mass is 9.96. The third-order valence-electron chi connectivity index (χ3n) is 5.62. The van der Waals surface area contributed by atoms with E-state index in [1.54, 1.807) is 0 Å². The Bertz CT molecular complexity index is 770. The summed E-state index contributed by atoms with van der Waals surface area (Å²) < 4.78 is 109. The molecule has 168 valence electrons. The van der Waals surface area contributed by atoms with Crippen molar-refractivity contribution >= 4 is 39.6 Å². The molecule has 29 heavy (non-hydrogen) atoms. The molecule has 3 aliphatic rings. The molecule has 1 spiro atoms. The molecule has 2 bridgehead atoms. The minimum Gasteiger partial charge on any atom is -0.458 e. The molecule has 0 radical (unpaired) electrons. The molecule has 3 rings (SSSR count). The van der Waals surface area contributed by atoms with Gasteiger partial charge < -0.3 is 9.84 Å². The van der Waals surface area contributed by atoms with Crippen LogP contribution in [0.25, 0.3) is 0 Å². The highest BCUT2D eigenvalue weighted by molar-refractivity contribution is 8.21. The molecular weight excluding hydrogens is 474 g/mol. The second kappa shape index (κ2) is 7.07. The van der Waals surface area contributed by atoms with Crippen LogP contribution < -0.4 is 0 Å². The standard InChI is InChI=1S/C14H16F6O6S3/c15-13(16,17)12(14(18,19)20,29(23,24)25)10(22)26-9-6-1-2-7(3-6)11(9)27-5-8(4-21)28-11/h6-9,21H,1-5H2,(H,23,24,25). The molecule has 6 nitrogen and oxygen atoms in total. The van der Waals surface area contributed by atoms with Crippen LogP contribution in [0.4, 0.5) is 26.3 Å². The van der Waals surface area contributed by atoms with Crippen molar-refractivity contribution in [3.8, 4) is 0 Å². The minimum absolute atomic E-state index is 0.172. The van der Waals surface area contributed by atoms with E-state index in [1.807, 2.05) is 0 Å². The van der Waals surface area contributed by atoms with E-state index in [0.29, 0.717) is 25.0 Å². The van der Waals surface area contributed by atoms with E-state index in [1.165, 1.54) is 11.8 Å². The Morgan fingerprint density at radius 1 is 1.14 bits per heavy atom. The summed E-state index contributed by atoms with van der Waals surface area (Å²) in [5.74, 6) is -3.47. The summed E-state index contributed by atoms with van der Waals surface area (Å²) in [6, 6.07) is 0. The molecule has 1 aliphatic heterocycles. The number of rotatable bonds is 4. The lowest BCUT2D eigenvalue weighted by Crippen LogP contribution is -2.68. The molecule has 5 unspecified atom stereocenters. The van der Waals surface area contributed by atoms with Crippen molar-refractivity contribution in [2.45, 2.75) is 51.8 Å². The Balaban J connectivity index is 2.02. The molecule has 2 saturated carbocycles. The number of fused-ring (bicyclic) bond motifs is 3. The summed E-state index contributed by atoms with van der Waals surface area (Å²) >= 11 is 2.31. The second-order valence-corrected chi connectivity index (χ2v) is 11.9. The van der Waals surface area contributed by atoms with Gasteiger partial charge in [-0.2, -0.15) is 34.8 Å². The van der Waals surface area contributed by atoms with Gasteiger partial charge in [0.25, 0.3) is 0 Å². The van der Waals surface area contributed by atoms with Crippen LogP contribution in [0, 0.1) is 11.8 Å². The first-order valence-corrected chi connectivity index (χ1v) is 11.7. The average Bonchev–Trinajstić information content (AvgIpc) is 3.21. The van der Waals surface area contributed by atoms with Gasteiger partial charge in [0.1, 0.15) is 10.2 Å². The van der Waals surface area contributed by atoms with E-state index in [-0.39, 0.29) is 17.8 Å². The summed E-state index contributed by atoms with van der Waals surface area (Å²) in [6.07, 6.45) is -13.4. The molecule has 2 N–H and O–H groups in total. The number of esters is 1. The van der Waals surface area contributed by atoms with Crippen LogP contribution in [0.3, 0.4) is 0 Å². The van der Waals surface area contributed by atoms with Crippen molar-refractivity contribution in [2.75, 3.05) is 12.4 Å². The van der Waals surface area contributed by atoms with Crippen molar-refractivity contribution in [3.63, 3.8) is 0 Å². The first-order valence-electron chi connectivity index (χ1n) is 8.36. The molecule has 0 amide bonds.